The SMILES string of the molecule is CCc1nc2cccc3c2n1-c1c(cccc1-c1c2ccccc2c(-c2ccc(-c4ccccc4)cc2)c2ccccc12)O3. The standard InChI is InChI=1S/C41H28N2O/c1-2-37-42-34-19-11-21-36-41(34)43(37)40-33(18-10-20-35(40)44-36)39-31-16-8-6-14-29(31)38(30-15-7-9-17-32(30)39)28-24-22-27(23-25-28)26-12-4-3-5-13-26/h3-25H,2H2,1H3. The van der Waals surface area contributed by atoms with E-state index in [1.807, 2.05) is 12.1 Å². The van der Waals surface area contributed by atoms with Gasteiger partial charge in [-0.15, -0.1) is 0 Å². The molecule has 3 heteroatoms. The van der Waals surface area contributed by atoms with Crippen molar-refractivity contribution in [2.24, 2.45) is 0 Å². The molecule has 8 aromatic rings. The Labute approximate surface area is 255 Å². The minimum absolute atomic E-state index is 0.821. The minimum atomic E-state index is 0.821. The van der Waals surface area contributed by atoms with Crippen molar-refractivity contribution in [3.8, 4) is 50.6 Å². The van der Waals surface area contributed by atoms with Gasteiger partial charge in [0, 0.05) is 12.0 Å². The summed E-state index contributed by atoms with van der Waals surface area (Å²) in [5.41, 5.74) is 10.3. The van der Waals surface area contributed by atoms with Crippen LogP contribution in [0.1, 0.15) is 12.7 Å². The second kappa shape index (κ2) is 9.68. The monoisotopic (exact) mass is 564 g/mol. The highest BCUT2D eigenvalue weighted by atomic mass is 16.5. The van der Waals surface area contributed by atoms with Gasteiger partial charge in [-0.3, -0.25) is 4.57 Å². The number of ether oxygens (including phenoxy) is 1. The number of nitrogens with zero attached hydrogens (tertiary/aromatic N) is 2. The number of hydrogen-bond donors (Lipinski definition) is 0. The van der Waals surface area contributed by atoms with E-state index in [1.54, 1.807) is 0 Å². The molecule has 208 valence electrons. The topological polar surface area (TPSA) is 27.1 Å². The van der Waals surface area contributed by atoms with Crippen LogP contribution in [0.3, 0.4) is 0 Å². The molecule has 0 saturated heterocycles. The van der Waals surface area contributed by atoms with Gasteiger partial charge < -0.3 is 4.74 Å². The molecular weight excluding hydrogens is 536 g/mol. The number of hydrogen-bond acceptors (Lipinski definition) is 2. The molecule has 0 radical (unpaired) electrons. The molecule has 0 atom stereocenters. The highest BCUT2D eigenvalue weighted by Gasteiger charge is 2.28. The van der Waals surface area contributed by atoms with E-state index in [4.69, 9.17) is 9.72 Å². The van der Waals surface area contributed by atoms with Crippen LogP contribution in [0.15, 0.2) is 140 Å². The summed E-state index contributed by atoms with van der Waals surface area (Å²) >= 11 is 0. The highest BCUT2D eigenvalue weighted by Crippen LogP contribution is 2.50. The Balaban J connectivity index is 1.34. The molecule has 44 heavy (non-hydrogen) atoms. The van der Waals surface area contributed by atoms with E-state index in [2.05, 4.69) is 139 Å². The molecule has 0 bridgehead atoms. The van der Waals surface area contributed by atoms with Crippen molar-refractivity contribution in [1.29, 1.82) is 0 Å². The molecule has 3 nitrogen and oxygen atoms in total. The van der Waals surface area contributed by atoms with Gasteiger partial charge in [0.05, 0.1) is 11.2 Å². The molecule has 0 aliphatic carbocycles. The number of benzene rings is 7. The first-order chi connectivity index (χ1) is 21.8. The predicted octanol–water partition coefficient (Wildman–Crippen LogP) is 11.0. The lowest BCUT2D eigenvalue weighted by Gasteiger charge is -2.25. The maximum atomic E-state index is 6.57. The lowest BCUT2D eigenvalue weighted by Crippen LogP contribution is -2.09. The summed E-state index contributed by atoms with van der Waals surface area (Å²) in [6.07, 6.45) is 0.821. The molecule has 0 N–H and O–H groups in total. The van der Waals surface area contributed by atoms with Gasteiger partial charge in [0.15, 0.2) is 11.5 Å². The summed E-state index contributed by atoms with van der Waals surface area (Å²) in [6, 6.07) is 49.8. The Hall–Kier alpha value is -5.67. The second-order valence-corrected chi connectivity index (χ2v) is 11.4. The number of aromatic nitrogens is 2. The summed E-state index contributed by atoms with van der Waals surface area (Å²) in [5.74, 6) is 2.74. The van der Waals surface area contributed by atoms with Crippen LogP contribution in [0, 0.1) is 0 Å². The quantitative estimate of drug-likeness (QED) is 0.199. The van der Waals surface area contributed by atoms with E-state index in [0.29, 0.717) is 0 Å². The Morgan fingerprint density at radius 1 is 0.523 bits per heavy atom. The van der Waals surface area contributed by atoms with E-state index in [1.165, 1.54) is 49.4 Å². The molecule has 2 heterocycles. The van der Waals surface area contributed by atoms with Gasteiger partial charge in [0.1, 0.15) is 11.3 Å². The lowest BCUT2D eigenvalue weighted by molar-refractivity contribution is 0.474. The molecule has 7 aromatic carbocycles. The van der Waals surface area contributed by atoms with Crippen molar-refractivity contribution in [3.63, 3.8) is 0 Å². The molecule has 0 saturated carbocycles. The minimum Gasteiger partial charge on any atom is -0.453 e. The second-order valence-electron chi connectivity index (χ2n) is 11.4. The van der Waals surface area contributed by atoms with Gasteiger partial charge in [-0.1, -0.05) is 128 Å². The van der Waals surface area contributed by atoms with Crippen molar-refractivity contribution in [3.05, 3.63) is 145 Å². The van der Waals surface area contributed by atoms with Gasteiger partial charge in [-0.25, -0.2) is 4.98 Å². The summed E-state index contributed by atoms with van der Waals surface area (Å²) in [6.45, 7) is 2.17. The van der Waals surface area contributed by atoms with Gasteiger partial charge in [0.25, 0.3) is 0 Å². The maximum absolute atomic E-state index is 6.57. The Morgan fingerprint density at radius 2 is 1.09 bits per heavy atom. The van der Waals surface area contributed by atoms with Crippen LogP contribution in [0.4, 0.5) is 0 Å². The van der Waals surface area contributed by atoms with E-state index >= 15 is 0 Å². The zero-order valence-electron chi connectivity index (χ0n) is 24.3. The normalized spacial score (nSPS) is 12.0. The molecule has 0 unspecified atom stereocenters. The van der Waals surface area contributed by atoms with Gasteiger partial charge in [0.2, 0.25) is 0 Å². The van der Waals surface area contributed by atoms with Crippen molar-refractivity contribution in [1.82, 2.24) is 9.55 Å². The largest absolute Gasteiger partial charge is 0.453 e. The first-order valence-corrected chi connectivity index (χ1v) is 15.2. The first kappa shape index (κ1) is 24.9. The molecule has 1 aliphatic heterocycles. The molecule has 9 rings (SSSR count). The third-order valence-electron chi connectivity index (χ3n) is 8.95. The van der Waals surface area contributed by atoms with E-state index in [9.17, 15) is 0 Å². The molecule has 1 aromatic heterocycles. The third kappa shape index (κ3) is 3.59. The van der Waals surface area contributed by atoms with Crippen molar-refractivity contribution < 1.29 is 4.74 Å². The summed E-state index contributed by atoms with van der Waals surface area (Å²) in [7, 11) is 0. The van der Waals surface area contributed by atoms with E-state index in [0.717, 1.165) is 46.0 Å². The number of fused-ring (bicyclic) bond motifs is 4. The summed E-state index contributed by atoms with van der Waals surface area (Å²) in [4.78, 5) is 5.03. The molecular formula is C41H28N2O. The molecule has 0 amide bonds. The zero-order chi connectivity index (χ0) is 29.2. The average molecular weight is 565 g/mol. The number of para-hydroxylation sites is 2. The fourth-order valence-electron chi connectivity index (χ4n) is 7.05. The van der Waals surface area contributed by atoms with Crippen LogP contribution < -0.4 is 4.74 Å². The average Bonchev–Trinajstić information content (AvgIpc) is 3.47. The smallest absolute Gasteiger partial charge is 0.153 e. The third-order valence-corrected chi connectivity index (χ3v) is 8.95. The van der Waals surface area contributed by atoms with Crippen molar-refractivity contribution >= 4 is 32.6 Å². The van der Waals surface area contributed by atoms with Crippen molar-refractivity contribution in [2.75, 3.05) is 0 Å². The Bertz CT molecular complexity index is 2330. The van der Waals surface area contributed by atoms with Gasteiger partial charge in [-0.05, 0) is 67.6 Å². The van der Waals surface area contributed by atoms with Crippen LogP contribution in [0.2, 0.25) is 0 Å². The van der Waals surface area contributed by atoms with E-state index in [-0.39, 0.29) is 0 Å². The van der Waals surface area contributed by atoms with Crippen LogP contribution in [-0.4, -0.2) is 9.55 Å². The predicted molar refractivity (Wildman–Crippen MR) is 182 cm³/mol. The van der Waals surface area contributed by atoms with Crippen LogP contribution in [-0.2, 0) is 6.42 Å². The summed E-state index contributed by atoms with van der Waals surface area (Å²) < 4.78 is 8.91. The van der Waals surface area contributed by atoms with Crippen LogP contribution in [0.25, 0.3) is 71.6 Å². The van der Waals surface area contributed by atoms with Crippen LogP contribution >= 0.6 is 0 Å². The molecule has 0 fully saturated rings. The van der Waals surface area contributed by atoms with Gasteiger partial charge >= 0.3 is 0 Å². The van der Waals surface area contributed by atoms with E-state index < -0.39 is 0 Å². The number of imidazole rings is 1. The number of rotatable bonds is 4. The van der Waals surface area contributed by atoms with Gasteiger partial charge in [-0.2, -0.15) is 0 Å². The number of aryl methyl sites for hydroxylation is 1. The Morgan fingerprint density at radius 3 is 1.77 bits per heavy atom. The first-order valence-electron chi connectivity index (χ1n) is 15.2. The fraction of sp³-hybridized carbons (Fsp3) is 0.0488. The Kier molecular flexibility index (Phi) is 5.48. The molecule has 1 aliphatic rings. The zero-order valence-corrected chi connectivity index (χ0v) is 24.3. The maximum Gasteiger partial charge on any atom is 0.153 e. The molecule has 0 spiro atoms. The summed E-state index contributed by atoms with van der Waals surface area (Å²) in [5, 5.41) is 4.90. The lowest BCUT2D eigenvalue weighted by atomic mass is 9.85. The van der Waals surface area contributed by atoms with Crippen molar-refractivity contribution in [2.45, 2.75) is 13.3 Å². The van der Waals surface area contributed by atoms with Crippen LogP contribution in [0.5, 0.6) is 11.5 Å². The highest BCUT2D eigenvalue weighted by molar-refractivity contribution is 6.22. The fourth-order valence-corrected chi connectivity index (χ4v) is 7.05.